The Bertz CT molecular complexity index is 1010. The number of aromatic hydroxyl groups is 1. The molecule has 0 fully saturated rings. The summed E-state index contributed by atoms with van der Waals surface area (Å²) in [5.74, 6) is 0.643. The van der Waals surface area contributed by atoms with Crippen LogP contribution in [0.1, 0.15) is 20.3 Å². The van der Waals surface area contributed by atoms with Crippen LogP contribution >= 0.6 is 0 Å². The van der Waals surface area contributed by atoms with Gasteiger partial charge in [-0.1, -0.05) is 74.6 Å². The Morgan fingerprint density at radius 3 is 2.57 bits per heavy atom. The van der Waals surface area contributed by atoms with Gasteiger partial charge in [0.25, 0.3) is 0 Å². The summed E-state index contributed by atoms with van der Waals surface area (Å²) in [4.78, 5) is 8.59. The van der Waals surface area contributed by atoms with Crippen LogP contribution in [0.3, 0.4) is 0 Å². The zero-order valence-corrected chi connectivity index (χ0v) is 17.8. The summed E-state index contributed by atoms with van der Waals surface area (Å²) in [6, 6.07) is 14.7. The third-order valence-corrected chi connectivity index (χ3v) is 4.07. The number of anilines is 2. The summed E-state index contributed by atoms with van der Waals surface area (Å²) in [7, 11) is 1.96. The number of benzene rings is 2. The second kappa shape index (κ2) is 12.9. The molecule has 1 heterocycles. The van der Waals surface area contributed by atoms with Gasteiger partial charge in [0.2, 0.25) is 5.95 Å². The van der Waals surface area contributed by atoms with Gasteiger partial charge in [0, 0.05) is 18.1 Å². The van der Waals surface area contributed by atoms with Gasteiger partial charge in [-0.2, -0.15) is 0 Å². The second-order valence-electron chi connectivity index (χ2n) is 6.23. The van der Waals surface area contributed by atoms with Gasteiger partial charge in [0.1, 0.15) is 5.75 Å². The molecule has 5 heteroatoms. The number of hydrogen-bond acceptors (Lipinski definition) is 5. The number of nitrogens with one attached hydrogen (secondary N) is 2. The van der Waals surface area contributed by atoms with E-state index in [4.69, 9.17) is 0 Å². The Balaban J connectivity index is 0.000000228. The minimum absolute atomic E-state index is 0.175. The molecule has 0 atom stereocenters. The molecule has 0 bridgehead atoms. The van der Waals surface area contributed by atoms with E-state index < -0.39 is 0 Å². The van der Waals surface area contributed by atoms with Gasteiger partial charge in [-0.15, -0.1) is 0 Å². The molecule has 5 nitrogen and oxygen atoms in total. The van der Waals surface area contributed by atoms with Crippen LogP contribution in [0, 0.1) is 0 Å². The molecule has 0 saturated carbocycles. The number of para-hydroxylation sites is 3. The van der Waals surface area contributed by atoms with Crippen LogP contribution in [0.15, 0.2) is 90.7 Å². The topological polar surface area (TPSA) is 70.1 Å². The number of hydrogen-bond donors (Lipinski definition) is 3. The maximum absolute atomic E-state index is 9.67. The standard InChI is InChI=1S/C14H11N3O.C9H13N.C2H6/c18-13-8-4-3-7-12(13)17-14-15-9-10-5-1-2-6-11(10)16-14;1-10-8-9-6-4-2-3-5-7-9;1-2/h1-9,18H,(H,15,16,17);2,4-7,10H,3,8H2,1H3;1-2H3. The molecule has 1 aliphatic rings. The third kappa shape index (κ3) is 7.18. The van der Waals surface area contributed by atoms with E-state index in [2.05, 4.69) is 51.0 Å². The molecule has 0 spiro atoms. The minimum Gasteiger partial charge on any atom is -0.506 e. The smallest absolute Gasteiger partial charge is 0.227 e. The Morgan fingerprint density at radius 1 is 1.00 bits per heavy atom. The Kier molecular flexibility index (Phi) is 9.83. The first-order valence-electron chi connectivity index (χ1n) is 10.2. The van der Waals surface area contributed by atoms with Crippen molar-refractivity contribution in [2.24, 2.45) is 0 Å². The van der Waals surface area contributed by atoms with Crippen molar-refractivity contribution in [2.75, 3.05) is 18.9 Å². The van der Waals surface area contributed by atoms with Crippen LogP contribution in [0.5, 0.6) is 5.75 Å². The molecule has 1 aromatic heterocycles. The molecule has 2 aromatic carbocycles. The lowest BCUT2D eigenvalue weighted by molar-refractivity contribution is 0.477. The highest BCUT2D eigenvalue weighted by molar-refractivity contribution is 5.79. The molecule has 3 N–H and O–H groups in total. The molecule has 4 rings (SSSR count). The Hall–Kier alpha value is -3.44. The van der Waals surface area contributed by atoms with E-state index in [1.54, 1.807) is 24.4 Å². The zero-order chi connectivity index (χ0) is 21.6. The molecule has 0 amide bonds. The van der Waals surface area contributed by atoms with Gasteiger partial charge in [-0.25, -0.2) is 9.97 Å². The largest absolute Gasteiger partial charge is 0.506 e. The molecule has 0 radical (unpaired) electrons. The number of allylic oxidation sites excluding steroid dienone is 4. The molecule has 1 aliphatic carbocycles. The number of phenolic OH excluding ortho intramolecular Hbond substituents is 1. The lowest BCUT2D eigenvalue weighted by Crippen LogP contribution is -2.08. The number of rotatable bonds is 4. The zero-order valence-electron chi connectivity index (χ0n) is 17.8. The van der Waals surface area contributed by atoms with Gasteiger partial charge >= 0.3 is 0 Å². The highest BCUT2D eigenvalue weighted by atomic mass is 16.3. The monoisotopic (exact) mass is 402 g/mol. The average molecular weight is 403 g/mol. The van der Waals surface area contributed by atoms with Crippen molar-refractivity contribution in [1.29, 1.82) is 0 Å². The van der Waals surface area contributed by atoms with Crippen molar-refractivity contribution in [2.45, 2.75) is 20.3 Å². The van der Waals surface area contributed by atoms with Crippen molar-refractivity contribution < 1.29 is 5.11 Å². The van der Waals surface area contributed by atoms with E-state index in [-0.39, 0.29) is 5.75 Å². The van der Waals surface area contributed by atoms with Crippen molar-refractivity contribution >= 4 is 22.5 Å². The normalized spacial score (nSPS) is 12.0. The maximum atomic E-state index is 9.67. The first kappa shape index (κ1) is 22.8. The van der Waals surface area contributed by atoms with Gasteiger partial charge in [-0.3, -0.25) is 0 Å². The summed E-state index contributed by atoms with van der Waals surface area (Å²) in [5.41, 5.74) is 2.80. The van der Waals surface area contributed by atoms with Crippen LogP contribution in [0.4, 0.5) is 11.6 Å². The number of fused-ring (bicyclic) bond motifs is 1. The SMILES string of the molecule is CC.CNCC1=CC=CCC=C1.Oc1ccccc1Nc1ncc2ccccc2n1. The van der Waals surface area contributed by atoms with E-state index in [1.807, 2.05) is 51.2 Å². The molecule has 156 valence electrons. The number of nitrogens with zero attached hydrogens (tertiary/aromatic N) is 2. The first-order chi connectivity index (χ1) is 14.8. The molecule has 30 heavy (non-hydrogen) atoms. The van der Waals surface area contributed by atoms with Gasteiger partial charge in [-0.05, 0) is 37.2 Å². The fraction of sp³-hybridized carbons (Fsp3) is 0.200. The van der Waals surface area contributed by atoms with Crippen LogP contribution in [0.25, 0.3) is 10.9 Å². The number of phenols is 1. The van der Waals surface area contributed by atoms with Gasteiger partial charge in [0.15, 0.2) is 0 Å². The van der Waals surface area contributed by atoms with E-state index in [0.29, 0.717) is 11.6 Å². The average Bonchev–Trinajstić information content (AvgIpc) is 3.06. The molecular formula is C25H30N4O. The van der Waals surface area contributed by atoms with Crippen molar-refractivity contribution in [3.8, 4) is 5.75 Å². The Labute approximate surface area is 178 Å². The minimum atomic E-state index is 0.175. The summed E-state index contributed by atoms with van der Waals surface area (Å²) >= 11 is 0. The van der Waals surface area contributed by atoms with E-state index >= 15 is 0 Å². The predicted molar refractivity (Wildman–Crippen MR) is 127 cm³/mol. The second-order valence-corrected chi connectivity index (χ2v) is 6.23. The van der Waals surface area contributed by atoms with Gasteiger partial charge in [0.05, 0.1) is 11.2 Å². The van der Waals surface area contributed by atoms with Crippen molar-refractivity contribution in [1.82, 2.24) is 15.3 Å². The van der Waals surface area contributed by atoms with Crippen LogP contribution < -0.4 is 10.6 Å². The third-order valence-electron chi connectivity index (χ3n) is 4.07. The van der Waals surface area contributed by atoms with E-state index in [9.17, 15) is 5.11 Å². The lowest BCUT2D eigenvalue weighted by Gasteiger charge is -2.06. The van der Waals surface area contributed by atoms with Crippen molar-refractivity contribution in [3.05, 3.63) is 90.7 Å². The molecule has 3 aromatic rings. The highest BCUT2D eigenvalue weighted by Gasteiger charge is 2.03. The first-order valence-corrected chi connectivity index (χ1v) is 10.2. The Morgan fingerprint density at radius 2 is 1.77 bits per heavy atom. The quantitative estimate of drug-likeness (QED) is 0.485. The highest BCUT2D eigenvalue weighted by Crippen LogP contribution is 2.24. The maximum Gasteiger partial charge on any atom is 0.227 e. The summed E-state index contributed by atoms with van der Waals surface area (Å²) in [6.07, 6.45) is 13.5. The van der Waals surface area contributed by atoms with Crippen LogP contribution in [0.2, 0.25) is 0 Å². The number of aromatic nitrogens is 2. The predicted octanol–water partition coefficient (Wildman–Crippen LogP) is 5.75. The number of likely N-dealkylation sites (N-methyl/N-ethyl adjacent to an activating group) is 1. The molecule has 0 unspecified atom stereocenters. The summed E-state index contributed by atoms with van der Waals surface area (Å²) in [6.45, 7) is 4.96. The van der Waals surface area contributed by atoms with E-state index in [1.165, 1.54) is 5.57 Å². The molecule has 0 aliphatic heterocycles. The van der Waals surface area contributed by atoms with Crippen LogP contribution in [-0.2, 0) is 0 Å². The van der Waals surface area contributed by atoms with Crippen LogP contribution in [-0.4, -0.2) is 28.7 Å². The summed E-state index contributed by atoms with van der Waals surface area (Å²) < 4.78 is 0. The van der Waals surface area contributed by atoms with E-state index in [0.717, 1.165) is 23.9 Å². The van der Waals surface area contributed by atoms with Gasteiger partial charge < -0.3 is 15.7 Å². The molecule has 0 saturated heterocycles. The molecular weight excluding hydrogens is 372 g/mol. The lowest BCUT2D eigenvalue weighted by atomic mass is 10.2. The summed E-state index contributed by atoms with van der Waals surface area (Å²) in [5, 5.41) is 16.8. The fourth-order valence-electron chi connectivity index (χ4n) is 2.68. The van der Waals surface area contributed by atoms with Crippen molar-refractivity contribution in [3.63, 3.8) is 0 Å². The fourth-order valence-corrected chi connectivity index (χ4v) is 2.68.